The third-order valence-electron chi connectivity index (χ3n) is 3.25. The predicted molar refractivity (Wildman–Crippen MR) is 74.1 cm³/mol. The molecule has 106 valence electrons. The zero-order chi connectivity index (χ0) is 13.7. The van der Waals surface area contributed by atoms with Gasteiger partial charge in [0.15, 0.2) is 0 Å². The van der Waals surface area contributed by atoms with Gasteiger partial charge in [0, 0.05) is 13.1 Å². The fourth-order valence-electron chi connectivity index (χ4n) is 1.96. The molecule has 1 atom stereocenters. The first-order valence-corrected chi connectivity index (χ1v) is 6.87. The van der Waals surface area contributed by atoms with E-state index in [1.165, 1.54) is 19.3 Å². The quantitative estimate of drug-likeness (QED) is 0.613. The highest BCUT2D eigenvalue weighted by Crippen LogP contribution is 2.19. The third kappa shape index (κ3) is 3.66. The van der Waals surface area contributed by atoms with Crippen LogP contribution in [-0.4, -0.2) is 34.1 Å². The summed E-state index contributed by atoms with van der Waals surface area (Å²) >= 11 is 0. The summed E-state index contributed by atoms with van der Waals surface area (Å²) in [5.41, 5.74) is 2.47. The minimum Gasteiger partial charge on any atom is -0.460 e. The second kappa shape index (κ2) is 6.51. The molecule has 19 heavy (non-hydrogen) atoms. The van der Waals surface area contributed by atoms with Gasteiger partial charge in [-0.15, -0.1) is 0 Å². The number of hydrogen-bond donors (Lipinski definition) is 2. The highest BCUT2D eigenvalue weighted by molar-refractivity contribution is 5.38. The lowest BCUT2D eigenvalue weighted by atomic mass is 10.1. The maximum atomic E-state index is 5.65. The molecule has 7 heteroatoms. The minimum absolute atomic E-state index is 0.0715. The number of anilines is 2. The van der Waals surface area contributed by atoms with Gasteiger partial charge in [-0.1, -0.05) is 6.92 Å². The summed E-state index contributed by atoms with van der Waals surface area (Å²) in [6, 6.07) is 0.331. The molecule has 0 radical (unpaired) electrons. The molecule has 2 rings (SSSR count). The summed E-state index contributed by atoms with van der Waals surface area (Å²) in [6.07, 6.45) is 4.56. The molecule has 1 saturated heterocycles. The van der Waals surface area contributed by atoms with Crippen LogP contribution in [0.25, 0.3) is 0 Å². The van der Waals surface area contributed by atoms with Crippen LogP contribution in [0.2, 0.25) is 0 Å². The van der Waals surface area contributed by atoms with Gasteiger partial charge < -0.3 is 9.64 Å². The first kappa shape index (κ1) is 13.8. The molecule has 1 aliphatic rings. The van der Waals surface area contributed by atoms with E-state index in [0.29, 0.717) is 17.9 Å². The Balaban J connectivity index is 2.19. The fourth-order valence-corrected chi connectivity index (χ4v) is 1.96. The maximum Gasteiger partial charge on any atom is 0.323 e. The maximum absolute atomic E-state index is 5.65. The van der Waals surface area contributed by atoms with E-state index in [2.05, 4.69) is 32.2 Å². The molecule has 0 bridgehead atoms. The van der Waals surface area contributed by atoms with Gasteiger partial charge in [0.1, 0.15) is 0 Å². The fraction of sp³-hybridized carbons (Fsp3) is 0.750. The molecule has 0 aliphatic carbocycles. The molecule has 7 nitrogen and oxygen atoms in total. The van der Waals surface area contributed by atoms with Crippen molar-refractivity contribution in [2.45, 2.75) is 45.6 Å². The first-order chi connectivity index (χ1) is 9.22. The van der Waals surface area contributed by atoms with E-state index in [4.69, 9.17) is 10.6 Å². The highest BCUT2D eigenvalue weighted by Gasteiger charge is 2.17. The number of hydrazine groups is 1. The number of hydrogen-bond acceptors (Lipinski definition) is 7. The Hall–Kier alpha value is -1.63. The van der Waals surface area contributed by atoms with E-state index >= 15 is 0 Å². The molecule has 3 N–H and O–H groups in total. The normalized spacial score (nSPS) is 17.1. The zero-order valence-corrected chi connectivity index (χ0v) is 11.6. The summed E-state index contributed by atoms with van der Waals surface area (Å²) < 4.78 is 5.65. The number of nitrogen functional groups attached to an aromatic ring is 1. The number of nitrogens with one attached hydrogen (secondary N) is 1. The van der Waals surface area contributed by atoms with Crippen LogP contribution in [0.4, 0.5) is 11.9 Å². The van der Waals surface area contributed by atoms with Crippen molar-refractivity contribution in [3.8, 4) is 6.01 Å². The molecule has 0 aromatic carbocycles. The molecule has 0 amide bonds. The Morgan fingerprint density at radius 2 is 2.00 bits per heavy atom. The summed E-state index contributed by atoms with van der Waals surface area (Å²) in [5.74, 6) is 6.38. The molecular weight excluding hydrogens is 244 g/mol. The van der Waals surface area contributed by atoms with Crippen molar-refractivity contribution in [3.63, 3.8) is 0 Å². The smallest absolute Gasteiger partial charge is 0.323 e. The number of ether oxygens (including phenoxy) is 1. The van der Waals surface area contributed by atoms with Crippen molar-refractivity contribution >= 4 is 11.9 Å². The van der Waals surface area contributed by atoms with Crippen LogP contribution in [0.1, 0.15) is 39.5 Å². The Bertz CT molecular complexity index is 407. The molecule has 1 unspecified atom stereocenters. The second-order valence-electron chi connectivity index (χ2n) is 4.77. The number of rotatable bonds is 5. The summed E-state index contributed by atoms with van der Waals surface area (Å²) in [4.78, 5) is 15.0. The Morgan fingerprint density at radius 3 is 2.63 bits per heavy atom. The molecule has 1 aliphatic heterocycles. The largest absolute Gasteiger partial charge is 0.460 e. The van der Waals surface area contributed by atoms with Crippen molar-refractivity contribution in [2.24, 2.45) is 5.84 Å². The van der Waals surface area contributed by atoms with Gasteiger partial charge in [-0.05, 0) is 32.6 Å². The van der Waals surface area contributed by atoms with Crippen molar-refractivity contribution < 1.29 is 4.74 Å². The van der Waals surface area contributed by atoms with Crippen molar-refractivity contribution in [3.05, 3.63) is 0 Å². The van der Waals surface area contributed by atoms with E-state index in [1.54, 1.807) is 0 Å². The van der Waals surface area contributed by atoms with Gasteiger partial charge in [0.25, 0.3) is 0 Å². The number of nitrogens with two attached hydrogens (primary N) is 1. The van der Waals surface area contributed by atoms with Crippen molar-refractivity contribution in [1.82, 2.24) is 15.0 Å². The molecule has 0 spiro atoms. The van der Waals surface area contributed by atoms with Gasteiger partial charge in [-0.25, -0.2) is 5.84 Å². The number of nitrogens with zero attached hydrogens (tertiary/aromatic N) is 4. The van der Waals surface area contributed by atoms with Crippen molar-refractivity contribution in [2.75, 3.05) is 23.4 Å². The first-order valence-electron chi connectivity index (χ1n) is 6.87. The van der Waals surface area contributed by atoms with E-state index in [0.717, 1.165) is 19.5 Å². The van der Waals surface area contributed by atoms with E-state index in [-0.39, 0.29) is 6.10 Å². The summed E-state index contributed by atoms with van der Waals surface area (Å²) in [7, 11) is 0. The van der Waals surface area contributed by atoms with Gasteiger partial charge in [0.05, 0.1) is 6.10 Å². The lowest BCUT2D eigenvalue weighted by Gasteiger charge is -2.26. The molecule has 1 aromatic rings. The van der Waals surface area contributed by atoms with Crippen LogP contribution >= 0.6 is 0 Å². The molecule has 1 aromatic heterocycles. The predicted octanol–water partition coefficient (Wildman–Crippen LogP) is 1.32. The Morgan fingerprint density at radius 1 is 1.26 bits per heavy atom. The lowest BCUT2D eigenvalue weighted by molar-refractivity contribution is 0.199. The molecule has 1 fully saturated rings. The monoisotopic (exact) mass is 266 g/mol. The highest BCUT2D eigenvalue weighted by atomic mass is 16.5. The number of aromatic nitrogens is 3. The second-order valence-corrected chi connectivity index (χ2v) is 4.77. The van der Waals surface area contributed by atoms with Crippen LogP contribution in [0.5, 0.6) is 6.01 Å². The van der Waals surface area contributed by atoms with Crippen molar-refractivity contribution in [1.29, 1.82) is 0 Å². The zero-order valence-electron chi connectivity index (χ0n) is 11.6. The lowest BCUT2D eigenvalue weighted by Crippen LogP contribution is -2.31. The van der Waals surface area contributed by atoms with E-state index in [9.17, 15) is 0 Å². The Labute approximate surface area is 113 Å². The van der Waals surface area contributed by atoms with Crippen LogP contribution in [0.15, 0.2) is 0 Å². The van der Waals surface area contributed by atoms with Gasteiger partial charge in [0.2, 0.25) is 11.9 Å². The molecule has 2 heterocycles. The SMILES string of the molecule is CCC(C)Oc1nc(NN)nc(N2CCCCC2)n1. The summed E-state index contributed by atoms with van der Waals surface area (Å²) in [6.45, 7) is 5.98. The minimum atomic E-state index is 0.0715. The van der Waals surface area contributed by atoms with Crippen LogP contribution in [-0.2, 0) is 0 Å². The van der Waals surface area contributed by atoms with E-state index in [1.807, 2.05) is 6.92 Å². The van der Waals surface area contributed by atoms with Crippen LogP contribution in [0, 0.1) is 0 Å². The standard InChI is InChI=1S/C12H22N6O/c1-3-9(2)19-12-15-10(17-13)14-11(16-12)18-7-5-4-6-8-18/h9H,3-8,13H2,1-2H3,(H,14,15,16,17). The van der Waals surface area contributed by atoms with E-state index < -0.39 is 0 Å². The van der Waals surface area contributed by atoms with Crippen LogP contribution < -0.4 is 20.9 Å². The third-order valence-corrected chi connectivity index (χ3v) is 3.25. The Kier molecular flexibility index (Phi) is 4.73. The number of piperidine rings is 1. The van der Waals surface area contributed by atoms with Gasteiger partial charge in [-0.3, -0.25) is 5.43 Å². The average Bonchev–Trinajstić information content (AvgIpc) is 2.47. The average molecular weight is 266 g/mol. The van der Waals surface area contributed by atoms with Gasteiger partial charge in [-0.2, -0.15) is 15.0 Å². The van der Waals surface area contributed by atoms with Crippen LogP contribution in [0.3, 0.4) is 0 Å². The molecular formula is C12H22N6O. The van der Waals surface area contributed by atoms with Gasteiger partial charge >= 0.3 is 6.01 Å². The topological polar surface area (TPSA) is 89.2 Å². The summed E-state index contributed by atoms with van der Waals surface area (Å²) in [5, 5.41) is 0. The molecule has 0 saturated carbocycles.